The number of hydrogen-bond acceptors (Lipinski definition) is 4. The summed E-state index contributed by atoms with van der Waals surface area (Å²) in [5.74, 6) is -0.617. The molecule has 144 valence electrons. The van der Waals surface area contributed by atoms with E-state index >= 15 is 0 Å². The molecule has 2 unspecified atom stereocenters. The molecule has 2 aliphatic heterocycles. The minimum absolute atomic E-state index is 0.0561. The topological polar surface area (TPSA) is 79.0 Å². The predicted molar refractivity (Wildman–Crippen MR) is 109 cm³/mol. The number of piperidine rings is 1. The van der Waals surface area contributed by atoms with Crippen LogP contribution in [0.5, 0.6) is 0 Å². The molecule has 2 aliphatic rings. The molecular weight excluding hydrogens is 352 g/mol. The maximum absolute atomic E-state index is 13.2. The van der Waals surface area contributed by atoms with Gasteiger partial charge in [0.15, 0.2) is 0 Å². The monoisotopic (exact) mass is 376 g/mol. The zero-order valence-electron chi connectivity index (χ0n) is 15.7. The first kappa shape index (κ1) is 18.2. The third kappa shape index (κ3) is 3.50. The van der Waals surface area contributed by atoms with Gasteiger partial charge in [0, 0.05) is 13.0 Å². The summed E-state index contributed by atoms with van der Waals surface area (Å²) in [5, 5.41) is 6.60. The smallest absolute Gasteiger partial charge is 0.270 e. The molecular formula is C22H24N4O2. The van der Waals surface area contributed by atoms with Crippen molar-refractivity contribution in [3.8, 4) is 0 Å². The summed E-state index contributed by atoms with van der Waals surface area (Å²) in [6.07, 6.45) is 2.92. The molecule has 2 atom stereocenters. The van der Waals surface area contributed by atoms with Crippen molar-refractivity contribution in [1.29, 1.82) is 0 Å². The second-order valence-corrected chi connectivity index (χ2v) is 7.27. The van der Waals surface area contributed by atoms with Crippen molar-refractivity contribution in [3.63, 3.8) is 0 Å². The van der Waals surface area contributed by atoms with Crippen LogP contribution in [0.4, 0.5) is 5.69 Å². The van der Waals surface area contributed by atoms with Crippen molar-refractivity contribution in [2.45, 2.75) is 37.8 Å². The molecule has 0 spiro atoms. The second kappa shape index (κ2) is 7.84. The largest absolute Gasteiger partial charge is 0.368 e. The number of para-hydroxylation sites is 1. The van der Waals surface area contributed by atoms with E-state index in [4.69, 9.17) is 10.8 Å². The number of benzene rings is 2. The summed E-state index contributed by atoms with van der Waals surface area (Å²) in [5.41, 5.74) is 8.06. The number of amides is 2. The van der Waals surface area contributed by atoms with Gasteiger partial charge in [-0.3, -0.25) is 14.6 Å². The standard InChI is InChI=1S/C22H24N4O2/c23-21(27)19-13-7-8-14-25(19)22(28)18-15-20(16-9-3-1-4-10-16)26(24-18)17-11-5-2-6-12-17/h1-6,9-12,19-20H,7-8,13-15H2,(H2,23,27). The van der Waals surface area contributed by atoms with Gasteiger partial charge in [-0.15, -0.1) is 0 Å². The summed E-state index contributed by atoms with van der Waals surface area (Å²) in [7, 11) is 0. The summed E-state index contributed by atoms with van der Waals surface area (Å²) in [6.45, 7) is 0.548. The normalized spacial score (nSPS) is 22.1. The van der Waals surface area contributed by atoms with E-state index in [2.05, 4.69) is 12.1 Å². The minimum atomic E-state index is -0.537. The van der Waals surface area contributed by atoms with E-state index in [-0.39, 0.29) is 11.9 Å². The van der Waals surface area contributed by atoms with Crippen LogP contribution >= 0.6 is 0 Å². The number of carbonyl (C=O) groups excluding carboxylic acids is 2. The molecule has 0 bridgehead atoms. The molecule has 0 radical (unpaired) electrons. The maximum atomic E-state index is 13.2. The summed E-state index contributed by atoms with van der Waals surface area (Å²) in [4.78, 5) is 26.7. The number of nitrogens with zero attached hydrogens (tertiary/aromatic N) is 3. The number of carbonyl (C=O) groups is 2. The molecule has 2 aromatic rings. The van der Waals surface area contributed by atoms with E-state index in [1.807, 2.05) is 53.5 Å². The Balaban J connectivity index is 1.65. The van der Waals surface area contributed by atoms with Crippen LogP contribution in [0.1, 0.15) is 37.3 Å². The molecule has 0 aromatic heterocycles. The van der Waals surface area contributed by atoms with Crippen molar-refractivity contribution in [3.05, 3.63) is 66.2 Å². The van der Waals surface area contributed by atoms with Gasteiger partial charge in [0.05, 0.1) is 11.7 Å². The van der Waals surface area contributed by atoms with Gasteiger partial charge in [-0.1, -0.05) is 48.5 Å². The Labute approximate surface area is 164 Å². The van der Waals surface area contributed by atoms with E-state index in [0.29, 0.717) is 25.1 Å². The summed E-state index contributed by atoms with van der Waals surface area (Å²) < 4.78 is 0. The van der Waals surface area contributed by atoms with Crippen molar-refractivity contribution in [2.75, 3.05) is 11.6 Å². The molecule has 0 aliphatic carbocycles. The quantitative estimate of drug-likeness (QED) is 0.891. The number of rotatable bonds is 4. The van der Waals surface area contributed by atoms with Gasteiger partial charge in [-0.2, -0.15) is 5.10 Å². The lowest BCUT2D eigenvalue weighted by molar-refractivity contribution is -0.136. The molecule has 6 nitrogen and oxygen atoms in total. The Morgan fingerprint density at radius 1 is 0.964 bits per heavy atom. The number of likely N-dealkylation sites (tertiary alicyclic amines) is 1. The zero-order valence-corrected chi connectivity index (χ0v) is 15.7. The lowest BCUT2D eigenvalue weighted by atomic mass is 9.98. The van der Waals surface area contributed by atoms with Crippen LogP contribution in [0, 0.1) is 0 Å². The van der Waals surface area contributed by atoms with E-state index in [1.54, 1.807) is 4.90 Å². The van der Waals surface area contributed by atoms with Gasteiger partial charge < -0.3 is 10.6 Å². The lowest BCUT2D eigenvalue weighted by Gasteiger charge is -2.33. The Hall–Kier alpha value is -3.15. The number of anilines is 1. The average molecular weight is 376 g/mol. The van der Waals surface area contributed by atoms with Gasteiger partial charge in [0.2, 0.25) is 5.91 Å². The predicted octanol–water partition coefficient (Wildman–Crippen LogP) is 2.86. The molecule has 6 heteroatoms. The van der Waals surface area contributed by atoms with Crippen LogP contribution in [0.25, 0.3) is 0 Å². The van der Waals surface area contributed by atoms with Gasteiger partial charge in [0.25, 0.3) is 5.91 Å². The second-order valence-electron chi connectivity index (χ2n) is 7.27. The van der Waals surface area contributed by atoms with E-state index in [0.717, 1.165) is 24.1 Å². The van der Waals surface area contributed by atoms with Gasteiger partial charge >= 0.3 is 0 Å². The van der Waals surface area contributed by atoms with Crippen LogP contribution < -0.4 is 10.7 Å². The van der Waals surface area contributed by atoms with Crippen LogP contribution in [-0.4, -0.2) is 35.0 Å². The lowest BCUT2D eigenvalue weighted by Crippen LogP contribution is -2.52. The average Bonchev–Trinajstić information content (AvgIpc) is 3.20. The molecule has 28 heavy (non-hydrogen) atoms. The number of hydrazone groups is 1. The van der Waals surface area contributed by atoms with Crippen LogP contribution in [0.3, 0.4) is 0 Å². The Kier molecular flexibility index (Phi) is 5.10. The molecule has 2 heterocycles. The molecule has 4 rings (SSSR count). The first-order valence-electron chi connectivity index (χ1n) is 9.72. The van der Waals surface area contributed by atoms with Gasteiger partial charge in [0.1, 0.15) is 11.8 Å². The van der Waals surface area contributed by atoms with Crippen molar-refractivity contribution in [1.82, 2.24) is 4.90 Å². The van der Waals surface area contributed by atoms with E-state index < -0.39 is 11.9 Å². The zero-order chi connectivity index (χ0) is 19.5. The first-order valence-corrected chi connectivity index (χ1v) is 9.72. The van der Waals surface area contributed by atoms with Gasteiger partial charge in [-0.25, -0.2) is 0 Å². The Morgan fingerprint density at radius 2 is 1.64 bits per heavy atom. The SMILES string of the molecule is NC(=O)C1CCCCN1C(=O)C1=NN(c2ccccc2)C(c2ccccc2)C1. The fourth-order valence-corrected chi connectivity index (χ4v) is 4.03. The Morgan fingerprint density at radius 3 is 2.32 bits per heavy atom. The maximum Gasteiger partial charge on any atom is 0.270 e. The minimum Gasteiger partial charge on any atom is -0.368 e. The summed E-state index contributed by atoms with van der Waals surface area (Å²) in [6, 6.07) is 19.3. The van der Waals surface area contributed by atoms with E-state index in [9.17, 15) is 9.59 Å². The number of hydrogen-bond donors (Lipinski definition) is 1. The molecule has 1 saturated heterocycles. The highest BCUT2D eigenvalue weighted by molar-refractivity contribution is 6.40. The fraction of sp³-hybridized carbons (Fsp3) is 0.318. The molecule has 1 fully saturated rings. The van der Waals surface area contributed by atoms with Gasteiger partial charge in [-0.05, 0) is 37.0 Å². The van der Waals surface area contributed by atoms with Crippen molar-refractivity contribution < 1.29 is 9.59 Å². The summed E-state index contributed by atoms with van der Waals surface area (Å²) >= 11 is 0. The van der Waals surface area contributed by atoms with Crippen LogP contribution in [0.2, 0.25) is 0 Å². The first-order chi connectivity index (χ1) is 13.6. The fourth-order valence-electron chi connectivity index (χ4n) is 4.03. The van der Waals surface area contributed by atoms with Crippen LogP contribution in [0.15, 0.2) is 65.8 Å². The molecule has 2 amide bonds. The van der Waals surface area contributed by atoms with Crippen LogP contribution in [-0.2, 0) is 9.59 Å². The number of primary amides is 1. The Bertz CT molecular complexity index is 882. The molecule has 0 saturated carbocycles. The molecule has 2 N–H and O–H groups in total. The molecule has 2 aromatic carbocycles. The highest BCUT2D eigenvalue weighted by Gasteiger charge is 2.38. The van der Waals surface area contributed by atoms with Crippen molar-refractivity contribution >= 4 is 23.2 Å². The number of nitrogens with two attached hydrogens (primary N) is 1. The highest BCUT2D eigenvalue weighted by atomic mass is 16.2. The van der Waals surface area contributed by atoms with E-state index in [1.165, 1.54) is 0 Å². The highest BCUT2D eigenvalue weighted by Crippen LogP contribution is 2.35. The third-order valence-corrected chi connectivity index (χ3v) is 5.45. The third-order valence-electron chi connectivity index (χ3n) is 5.45. The van der Waals surface area contributed by atoms with Crippen molar-refractivity contribution in [2.24, 2.45) is 10.8 Å².